The molecule has 84 valence electrons. The Morgan fingerprint density at radius 1 is 0.667 bits per heavy atom. The molecule has 1 heteroatoms. The fourth-order valence-electron chi connectivity index (χ4n) is 1.92. The van der Waals surface area contributed by atoms with Gasteiger partial charge in [-0.3, -0.25) is 4.79 Å². The van der Waals surface area contributed by atoms with Crippen LogP contribution in [0.5, 0.6) is 0 Å². The number of carbonyl (C=O) groups is 1. The van der Waals surface area contributed by atoms with Crippen LogP contribution >= 0.6 is 0 Å². The minimum Gasteiger partial charge on any atom is -0.300 e. The van der Waals surface area contributed by atoms with Crippen molar-refractivity contribution in [2.75, 3.05) is 0 Å². The van der Waals surface area contributed by atoms with Crippen molar-refractivity contribution in [3.8, 4) is 11.8 Å². The molecule has 0 amide bonds. The molecule has 0 saturated heterocycles. The zero-order valence-electron chi connectivity index (χ0n) is 9.69. The van der Waals surface area contributed by atoms with Gasteiger partial charge in [-0.25, -0.2) is 0 Å². The Morgan fingerprint density at radius 2 is 1.27 bits per heavy atom. The van der Waals surface area contributed by atoms with Gasteiger partial charge in [0.15, 0.2) is 0 Å². The van der Waals surface area contributed by atoms with E-state index in [1.165, 1.54) is 38.5 Å². The predicted molar refractivity (Wildman–Crippen MR) is 63.6 cm³/mol. The average Bonchev–Trinajstić information content (AvgIpc) is 2.24. The lowest BCUT2D eigenvalue weighted by Gasteiger charge is -2.02. The van der Waals surface area contributed by atoms with Gasteiger partial charge < -0.3 is 0 Å². The quantitative estimate of drug-likeness (QED) is 0.550. The van der Waals surface area contributed by atoms with E-state index in [1.807, 2.05) is 0 Å². The van der Waals surface area contributed by atoms with E-state index in [2.05, 4.69) is 11.8 Å². The van der Waals surface area contributed by atoms with Crippen molar-refractivity contribution < 1.29 is 4.79 Å². The van der Waals surface area contributed by atoms with Crippen LogP contribution in [0.4, 0.5) is 0 Å². The molecule has 0 heterocycles. The van der Waals surface area contributed by atoms with Crippen LogP contribution < -0.4 is 0 Å². The summed E-state index contributed by atoms with van der Waals surface area (Å²) in [6.45, 7) is 0. The molecule has 0 bridgehead atoms. The highest BCUT2D eigenvalue weighted by molar-refractivity contribution is 5.78. The summed E-state index contributed by atoms with van der Waals surface area (Å²) in [4.78, 5) is 11.4. The van der Waals surface area contributed by atoms with E-state index in [0.717, 1.165) is 25.7 Å². The summed E-state index contributed by atoms with van der Waals surface area (Å²) in [6, 6.07) is 0. The first-order valence-corrected chi connectivity index (χ1v) is 6.37. The van der Waals surface area contributed by atoms with Crippen LogP contribution in [0.2, 0.25) is 0 Å². The molecule has 1 rings (SSSR count). The Labute approximate surface area is 93.6 Å². The minimum absolute atomic E-state index is 0.404. The lowest BCUT2D eigenvalue weighted by Crippen LogP contribution is -1.97. The van der Waals surface area contributed by atoms with E-state index in [9.17, 15) is 4.79 Å². The van der Waals surface area contributed by atoms with Gasteiger partial charge in [-0.05, 0) is 12.8 Å². The van der Waals surface area contributed by atoms with Crippen molar-refractivity contribution in [3.05, 3.63) is 0 Å². The maximum Gasteiger partial charge on any atom is 0.133 e. The lowest BCUT2D eigenvalue weighted by molar-refractivity contribution is -0.119. The molecule has 0 aliphatic heterocycles. The smallest absolute Gasteiger partial charge is 0.133 e. The largest absolute Gasteiger partial charge is 0.300 e. The fraction of sp³-hybridized carbons (Fsp3) is 0.786. The molecule has 0 radical (unpaired) electrons. The second-order valence-electron chi connectivity index (χ2n) is 4.37. The van der Waals surface area contributed by atoms with E-state index in [4.69, 9.17) is 0 Å². The molecule has 1 nitrogen and oxygen atoms in total. The molecule has 0 unspecified atom stereocenters. The molecule has 0 fully saturated rings. The Morgan fingerprint density at radius 3 is 2.07 bits per heavy atom. The summed E-state index contributed by atoms with van der Waals surface area (Å²) in [5, 5.41) is 0. The summed E-state index contributed by atoms with van der Waals surface area (Å²) in [5.41, 5.74) is 0. The lowest BCUT2D eigenvalue weighted by atomic mass is 10.0. The Kier molecular flexibility index (Phi) is 7.00. The first kappa shape index (κ1) is 12.3. The Bertz CT molecular complexity index is 231. The van der Waals surface area contributed by atoms with Gasteiger partial charge in [0, 0.05) is 25.7 Å². The number of ketones is 1. The van der Waals surface area contributed by atoms with E-state index < -0.39 is 0 Å². The minimum atomic E-state index is 0.404. The van der Waals surface area contributed by atoms with Gasteiger partial charge in [-0.2, -0.15) is 0 Å². The third-order valence-electron chi connectivity index (χ3n) is 2.91. The van der Waals surface area contributed by atoms with Crippen LogP contribution in [-0.2, 0) is 4.79 Å². The van der Waals surface area contributed by atoms with Crippen LogP contribution in [0, 0.1) is 11.8 Å². The van der Waals surface area contributed by atoms with Crippen molar-refractivity contribution in [1.82, 2.24) is 0 Å². The normalized spacial score (nSPS) is 21.2. The van der Waals surface area contributed by atoms with Crippen molar-refractivity contribution >= 4 is 5.78 Å². The van der Waals surface area contributed by atoms with Crippen LogP contribution in [0.3, 0.4) is 0 Å². The zero-order valence-corrected chi connectivity index (χ0v) is 9.69. The van der Waals surface area contributed by atoms with Crippen LogP contribution in [0.1, 0.15) is 70.6 Å². The molecule has 0 aromatic heterocycles. The third kappa shape index (κ3) is 7.19. The standard InChI is InChI=1S/C14H22O/c15-14-12-10-8-6-4-2-1-3-5-7-9-11-13-14/h1-6,8,10-13H2. The van der Waals surface area contributed by atoms with Crippen LogP contribution in [0.15, 0.2) is 0 Å². The SMILES string of the molecule is O=C1CCC#CCCCCCCCCC1. The summed E-state index contributed by atoms with van der Waals surface area (Å²) in [6.07, 6.45) is 12.1. The number of rotatable bonds is 0. The fourth-order valence-corrected chi connectivity index (χ4v) is 1.92. The molecule has 0 saturated carbocycles. The van der Waals surface area contributed by atoms with Gasteiger partial charge in [-0.1, -0.05) is 32.1 Å². The number of hydrogen-bond donors (Lipinski definition) is 0. The molecule has 0 aromatic rings. The van der Waals surface area contributed by atoms with Gasteiger partial charge in [-0.15, -0.1) is 11.8 Å². The molecule has 1 aliphatic rings. The Hall–Kier alpha value is -0.770. The van der Waals surface area contributed by atoms with Gasteiger partial charge in [0.1, 0.15) is 5.78 Å². The van der Waals surface area contributed by atoms with Crippen molar-refractivity contribution in [2.45, 2.75) is 70.6 Å². The van der Waals surface area contributed by atoms with Gasteiger partial charge in [0.05, 0.1) is 0 Å². The summed E-state index contributed by atoms with van der Waals surface area (Å²) in [5.74, 6) is 6.66. The molecule has 0 spiro atoms. The van der Waals surface area contributed by atoms with E-state index >= 15 is 0 Å². The average molecular weight is 206 g/mol. The van der Waals surface area contributed by atoms with Crippen molar-refractivity contribution in [3.63, 3.8) is 0 Å². The number of Topliss-reactive ketones (excluding diaryl/α,β-unsaturated/α-hetero) is 1. The molecular weight excluding hydrogens is 184 g/mol. The molecule has 0 N–H and O–H groups in total. The molecule has 0 atom stereocenters. The molecular formula is C14H22O. The van der Waals surface area contributed by atoms with Gasteiger partial charge >= 0.3 is 0 Å². The van der Waals surface area contributed by atoms with Crippen molar-refractivity contribution in [1.29, 1.82) is 0 Å². The molecule has 1 aliphatic carbocycles. The zero-order chi connectivity index (χ0) is 10.8. The van der Waals surface area contributed by atoms with E-state index in [1.54, 1.807) is 0 Å². The summed E-state index contributed by atoms with van der Waals surface area (Å²) in [7, 11) is 0. The second-order valence-corrected chi connectivity index (χ2v) is 4.37. The van der Waals surface area contributed by atoms with Crippen molar-refractivity contribution in [2.24, 2.45) is 0 Å². The maximum absolute atomic E-state index is 11.4. The Balaban J connectivity index is 2.25. The summed E-state index contributed by atoms with van der Waals surface area (Å²) < 4.78 is 0. The third-order valence-corrected chi connectivity index (χ3v) is 2.91. The first-order chi connectivity index (χ1) is 7.39. The monoisotopic (exact) mass is 206 g/mol. The highest BCUT2D eigenvalue weighted by Gasteiger charge is 2.00. The van der Waals surface area contributed by atoms with Crippen LogP contribution in [0.25, 0.3) is 0 Å². The van der Waals surface area contributed by atoms with Gasteiger partial charge in [0.25, 0.3) is 0 Å². The maximum atomic E-state index is 11.4. The summed E-state index contributed by atoms with van der Waals surface area (Å²) >= 11 is 0. The number of hydrogen-bond acceptors (Lipinski definition) is 1. The highest BCUT2D eigenvalue weighted by atomic mass is 16.1. The molecule has 0 aromatic carbocycles. The van der Waals surface area contributed by atoms with Crippen LogP contribution in [-0.4, -0.2) is 5.78 Å². The first-order valence-electron chi connectivity index (χ1n) is 6.37. The number of carbonyl (C=O) groups excluding carboxylic acids is 1. The topological polar surface area (TPSA) is 17.1 Å². The molecule has 15 heavy (non-hydrogen) atoms. The highest BCUT2D eigenvalue weighted by Crippen LogP contribution is 2.11. The van der Waals surface area contributed by atoms with Gasteiger partial charge in [0.2, 0.25) is 0 Å². The van der Waals surface area contributed by atoms with E-state index in [0.29, 0.717) is 12.2 Å². The van der Waals surface area contributed by atoms with E-state index in [-0.39, 0.29) is 0 Å². The predicted octanol–water partition coefficient (Wildman–Crippen LogP) is 3.86. The second kappa shape index (κ2) is 8.53.